The fourth-order valence-corrected chi connectivity index (χ4v) is 2.18. The summed E-state index contributed by atoms with van der Waals surface area (Å²) in [4.78, 5) is 1.69. The third-order valence-electron chi connectivity index (χ3n) is 3.24. The van der Waals surface area contributed by atoms with Gasteiger partial charge in [0, 0.05) is 5.02 Å². The van der Waals surface area contributed by atoms with Crippen LogP contribution in [0.4, 0.5) is 0 Å². The van der Waals surface area contributed by atoms with E-state index in [1.165, 1.54) is 32.5 Å². The molecule has 0 aliphatic carbocycles. The molecule has 0 saturated heterocycles. The molecule has 0 amide bonds. The lowest BCUT2D eigenvalue weighted by molar-refractivity contribution is -0.896. The predicted molar refractivity (Wildman–Crippen MR) is 77.7 cm³/mol. The molecule has 0 aliphatic rings. The molecule has 18 heavy (non-hydrogen) atoms. The fraction of sp³-hybridized carbons (Fsp3) is 0.600. The van der Waals surface area contributed by atoms with E-state index in [9.17, 15) is 0 Å². The smallest absolute Gasteiger partial charge is 0.120 e. The average molecular weight is 271 g/mol. The summed E-state index contributed by atoms with van der Waals surface area (Å²) < 4.78 is 5.66. The third-order valence-corrected chi connectivity index (χ3v) is 3.47. The summed E-state index contributed by atoms with van der Waals surface area (Å²) >= 11 is 5.89. The number of benzene rings is 1. The van der Waals surface area contributed by atoms with Gasteiger partial charge in [-0.05, 0) is 51.3 Å². The minimum atomic E-state index is 0.734. The van der Waals surface area contributed by atoms with Crippen LogP contribution in [0.3, 0.4) is 0 Å². The Labute approximate surface area is 116 Å². The first kappa shape index (κ1) is 15.3. The first-order chi connectivity index (χ1) is 8.76. The predicted octanol–water partition coefficient (Wildman–Crippen LogP) is 2.81. The number of rotatable bonds is 9. The molecule has 0 atom stereocenters. The van der Waals surface area contributed by atoms with E-state index < -0.39 is 0 Å². The number of ether oxygens (including phenoxy) is 1. The summed E-state index contributed by atoms with van der Waals surface area (Å²) in [5.74, 6) is 0.872. The van der Waals surface area contributed by atoms with Gasteiger partial charge in [0.05, 0.1) is 26.2 Å². The number of hydrogen-bond donors (Lipinski definition) is 1. The van der Waals surface area contributed by atoms with Crippen molar-refractivity contribution in [2.45, 2.75) is 33.1 Å². The lowest BCUT2D eigenvalue weighted by Crippen LogP contribution is -3.11. The molecule has 0 aromatic heterocycles. The summed E-state index contributed by atoms with van der Waals surface area (Å²) in [5, 5.41) is 0.734. The molecule has 3 heteroatoms. The summed E-state index contributed by atoms with van der Waals surface area (Å²) in [6.45, 7) is 9.03. The van der Waals surface area contributed by atoms with Gasteiger partial charge < -0.3 is 9.64 Å². The second kappa shape index (κ2) is 9.23. The molecule has 0 bridgehead atoms. The topological polar surface area (TPSA) is 13.7 Å². The molecule has 0 spiro atoms. The lowest BCUT2D eigenvalue weighted by atomic mass is 10.2. The summed E-state index contributed by atoms with van der Waals surface area (Å²) in [6.07, 6.45) is 3.65. The Morgan fingerprint density at radius 2 is 1.89 bits per heavy atom. The van der Waals surface area contributed by atoms with Gasteiger partial charge in [0.25, 0.3) is 0 Å². The first-order valence-electron chi connectivity index (χ1n) is 6.98. The molecule has 1 rings (SSSR count). The largest absolute Gasteiger partial charge is 0.494 e. The second-order valence-electron chi connectivity index (χ2n) is 4.57. The highest BCUT2D eigenvalue weighted by Gasteiger charge is 2.01. The summed E-state index contributed by atoms with van der Waals surface area (Å²) in [7, 11) is 0. The highest BCUT2D eigenvalue weighted by molar-refractivity contribution is 6.30. The van der Waals surface area contributed by atoms with Crippen molar-refractivity contribution < 1.29 is 9.64 Å². The standard InChI is InChI=1S/C15H24ClNO/c1-3-17(4-2)11-6-5-7-12-18-15-10-8-9-14(16)13-15/h8-10,13H,3-7,11-12H2,1-2H3/p+1. The van der Waals surface area contributed by atoms with E-state index in [1.54, 1.807) is 4.90 Å². The molecule has 2 nitrogen and oxygen atoms in total. The van der Waals surface area contributed by atoms with Crippen molar-refractivity contribution in [3.63, 3.8) is 0 Å². The van der Waals surface area contributed by atoms with Crippen molar-refractivity contribution in [2.75, 3.05) is 26.2 Å². The van der Waals surface area contributed by atoms with Crippen molar-refractivity contribution in [3.05, 3.63) is 29.3 Å². The van der Waals surface area contributed by atoms with E-state index in [1.807, 2.05) is 24.3 Å². The van der Waals surface area contributed by atoms with Gasteiger partial charge in [-0.15, -0.1) is 0 Å². The Morgan fingerprint density at radius 3 is 2.56 bits per heavy atom. The zero-order chi connectivity index (χ0) is 13.2. The molecule has 102 valence electrons. The molecular formula is C15H25ClNO+. The van der Waals surface area contributed by atoms with Crippen LogP contribution in [0.15, 0.2) is 24.3 Å². The van der Waals surface area contributed by atoms with Crippen LogP contribution < -0.4 is 9.64 Å². The molecule has 0 saturated carbocycles. The van der Waals surface area contributed by atoms with Gasteiger partial charge in [-0.2, -0.15) is 0 Å². The van der Waals surface area contributed by atoms with Crippen molar-refractivity contribution in [1.82, 2.24) is 0 Å². The van der Waals surface area contributed by atoms with E-state index >= 15 is 0 Å². The number of halogens is 1. The molecule has 0 unspecified atom stereocenters. The van der Waals surface area contributed by atoms with Crippen LogP contribution in [0.2, 0.25) is 5.02 Å². The van der Waals surface area contributed by atoms with Gasteiger partial charge in [-0.3, -0.25) is 0 Å². The van der Waals surface area contributed by atoms with E-state index in [2.05, 4.69) is 13.8 Å². The average Bonchev–Trinajstić information content (AvgIpc) is 2.38. The van der Waals surface area contributed by atoms with Crippen LogP contribution in [0, 0.1) is 0 Å². The second-order valence-corrected chi connectivity index (χ2v) is 5.01. The molecule has 0 radical (unpaired) electrons. The van der Waals surface area contributed by atoms with E-state index in [4.69, 9.17) is 16.3 Å². The van der Waals surface area contributed by atoms with Crippen LogP contribution in [0.1, 0.15) is 33.1 Å². The van der Waals surface area contributed by atoms with E-state index in [0.717, 1.165) is 23.8 Å². The minimum absolute atomic E-state index is 0.734. The monoisotopic (exact) mass is 270 g/mol. The Morgan fingerprint density at radius 1 is 1.11 bits per heavy atom. The third kappa shape index (κ3) is 6.27. The summed E-state index contributed by atoms with van der Waals surface area (Å²) in [5.41, 5.74) is 0. The number of quaternary nitrogens is 1. The first-order valence-corrected chi connectivity index (χ1v) is 7.36. The lowest BCUT2D eigenvalue weighted by Gasteiger charge is -2.14. The highest BCUT2D eigenvalue weighted by atomic mass is 35.5. The quantitative estimate of drug-likeness (QED) is 0.682. The van der Waals surface area contributed by atoms with Gasteiger partial charge in [0.2, 0.25) is 0 Å². The maximum atomic E-state index is 5.89. The molecule has 0 aliphatic heterocycles. The van der Waals surface area contributed by atoms with Crippen LogP contribution in [0.25, 0.3) is 0 Å². The van der Waals surface area contributed by atoms with E-state index in [-0.39, 0.29) is 0 Å². The fourth-order valence-electron chi connectivity index (χ4n) is 2.00. The van der Waals surface area contributed by atoms with Crippen LogP contribution in [0.5, 0.6) is 5.75 Å². The highest BCUT2D eigenvalue weighted by Crippen LogP contribution is 2.17. The van der Waals surface area contributed by atoms with Crippen molar-refractivity contribution in [1.29, 1.82) is 0 Å². The van der Waals surface area contributed by atoms with Crippen molar-refractivity contribution in [2.24, 2.45) is 0 Å². The normalized spacial score (nSPS) is 10.9. The zero-order valence-corrected chi connectivity index (χ0v) is 12.3. The van der Waals surface area contributed by atoms with Crippen molar-refractivity contribution in [3.8, 4) is 5.75 Å². The van der Waals surface area contributed by atoms with Crippen LogP contribution in [-0.4, -0.2) is 26.2 Å². The van der Waals surface area contributed by atoms with Gasteiger partial charge >= 0.3 is 0 Å². The maximum absolute atomic E-state index is 5.89. The SMILES string of the molecule is CC[NH+](CC)CCCCCOc1cccc(Cl)c1. The van der Waals surface area contributed by atoms with Crippen molar-refractivity contribution >= 4 is 11.6 Å². The van der Waals surface area contributed by atoms with Gasteiger partial charge in [0.15, 0.2) is 0 Å². The van der Waals surface area contributed by atoms with Crippen LogP contribution in [-0.2, 0) is 0 Å². The molecule has 1 N–H and O–H groups in total. The molecular weight excluding hydrogens is 246 g/mol. The van der Waals surface area contributed by atoms with Crippen LogP contribution >= 0.6 is 11.6 Å². The Hall–Kier alpha value is -0.730. The number of unbranched alkanes of at least 4 members (excludes halogenated alkanes) is 2. The minimum Gasteiger partial charge on any atom is -0.494 e. The summed E-state index contributed by atoms with van der Waals surface area (Å²) in [6, 6.07) is 7.59. The Balaban J connectivity index is 2.05. The Kier molecular flexibility index (Phi) is 7.86. The maximum Gasteiger partial charge on any atom is 0.120 e. The van der Waals surface area contributed by atoms with Gasteiger partial charge in [-0.1, -0.05) is 17.7 Å². The molecule has 1 aromatic rings. The molecule has 1 aromatic carbocycles. The number of nitrogens with one attached hydrogen (secondary N) is 1. The van der Waals surface area contributed by atoms with E-state index in [0.29, 0.717) is 0 Å². The van der Waals surface area contributed by atoms with Gasteiger partial charge in [-0.25, -0.2) is 0 Å². The Bertz CT molecular complexity index is 326. The van der Waals surface area contributed by atoms with Gasteiger partial charge in [0.1, 0.15) is 5.75 Å². The molecule has 0 heterocycles. The zero-order valence-electron chi connectivity index (χ0n) is 11.5. The number of hydrogen-bond acceptors (Lipinski definition) is 1. The molecule has 0 fully saturated rings.